The second kappa shape index (κ2) is 6.27. The Morgan fingerprint density at radius 2 is 1.92 bits per heavy atom. The van der Waals surface area contributed by atoms with Gasteiger partial charge < -0.3 is 9.30 Å². The van der Waals surface area contributed by atoms with Gasteiger partial charge in [-0.25, -0.2) is 4.79 Å². The normalized spacial score (nSPS) is 11.8. The first-order valence-electron chi connectivity index (χ1n) is 8.26. The average molecular weight is 333 g/mol. The molecule has 0 fully saturated rings. The molecule has 0 unspecified atom stereocenters. The van der Waals surface area contributed by atoms with E-state index in [4.69, 9.17) is 4.74 Å². The van der Waals surface area contributed by atoms with Crippen LogP contribution in [0.5, 0.6) is 0 Å². The highest BCUT2D eigenvalue weighted by Gasteiger charge is 2.19. The highest BCUT2D eigenvalue weighted by molar-refractivity contribution is 5.75. The lowest BCUT2D eigenvalue weighted by Crippen LogP contribution is -2.40. The highest BCUT2D eigenvalue weighted by Crippen LogP contribution is 2.16. The Morgan fingerprint density at radius 1 is 1.17 bits per heavy atom. The standard InChI is InChI=1S/C16H23N5O3/c1-5-7-19-11(3)10-21-12-13(17-15(19)21)18(4)16(23)20(14(12)22)8-9-24-6-2/h10H,5-9H2,1-4H3. The van der Waals surface area contributed by atoms with E-state index in [0.29, 0.717) is 30.2 Å². The summed E-state index contributed by atoms with van der Waals surface area (Å²) in [6.45, 7) is 7.89. The molecule has 3 rings (SSSR count). The van der Waals surface area contributed by atoms with Crippen LogP contribution < -0.4 is 11.2 Å². The van der Waals surface area contributed by atoms with Crippen LogP contribution in [-0.2, 0) is 24.9 Å². The number of aryl methyl sites for hydroxylation is 3. The summed E-state index contributed by atoms with van der Waals surface area (Å²) in [6.07, 6.45) is 2.87. The maximum Gasteiger partial charge on any atom is 0.332 e. The minimum atomic E-state index is -0.369. The van der Waals surface area contributed by atoms with Crippen molar-refractivity contribution in [3.8, 4) is 0 Å². The lowest BCUT2D eigenvalue weighted by molar-refractivity contribution is 0.137. The average Bonchev–Trinajstić information content (AvgIpc) is 3.06. The first kappa shape index (κ1) is 16.5. The molecule has 0 atom stereocenters. The van der Waals surface area contributed by atoms with Gasteiger partial charge in [0.15, 0.2) is 11.2 Å². The fraction of sp³-hybridized carbons (Fsp3) is 0.562. The number of hydrogen-bond donors (Lipinski definition) is 0. The van der Waals surface area contributed by atoms with Crippen LogP contribution in [0, 0.1) is 6.92 Å². The Bertz CT molecular complexity index is 1000. The lowest BCUT2D eigenvalue weighted by Gasteiger charge is -2.07. The molecule has 3 heterocycles. The number of imidazole rings is 2. The molecule has 0 aromatic carbocycles. The van der Waals surface area contributed by atoms with Crippen molar-refractivity contribution in [2.75, 3.05) is 13.2 Å². The van der Waals surface area contributed by atoms with Crippen molar-refractivity contribution in [2.24, 2.45) is 7.05 Å². The van der Waals surface area contributed by atoms with E-state index in [1.165, 1.54) is 9.13 Å². The Kier molecular flexibility index (Phi) is 4.31. The van der Waals surface area contributed by atoms with Gasteiger partial charge in [-0.05, 0) is 20.3 Å². The molecule has 24 heavy (non-hydrogen) atoms. The lowest BCUT2D eigenvalue weighted by atomic mass is 10.4. The molecule has 0 aliphatic carbocycles. The van der Waals surface area contributed by atoms with Crippen molar-refractivity contribution >= 4 is 16.9 Å². The summed E-state index contributed by atoms with van der Waals surface area (Å²) in [6, 6.07) is 0. The predicted molar refractivity (Wildman–Crippen MR) is 91.7 cm³/mol. The van der Waals surface area contributed by atoms with Gasteiger partial charge in [0, 0.05) is 32.1 Å². The van der Waals surface area contributed by atoms with Gasteiger partial charge in [-0.1, -0.05) is 6.92 Å². The molecule has 0 amide bonds. The van der Waals surface area contributed by atoms with Gasteiger partial charge in [-0.2, -0.15) is 4.98 Å². The SMILES string of the molecule is CCCn1c(C)cn2c3c(=O)n(CCOCC)c(=O)n(C)c3nc12. The van der Waals surface area contributed by atoms with Crippen molar-refractivity contribution in [1.29, 1.82) is 0 Å². The van der Waals surface area contributed by atoms with Gasteiger partial charge in [-0.3, -0.25) is 18.3 Å². The van der Waals surface area contributed by atoms with Gasteiger partial charge in [0.05, 0.1) is 13.2 Å². The third-order valence-corrected chi connectivity index (χ3v) is 4.25. The minimum absolute atomic E-state index is 0.233. The van der Waals surface area contributed by atoms with Gasteiger partial charge in [-0.15, -0.1) is 0 Å². The summed E-state index contributed by atoms with van der Waals surface area (Å²) in [7, 11) is 1.64. The van der Waals surface area contributed by atoms with E-state index >= 15 is 0 Å². The van der Waals surface area contributed by atoms with Crippen LogP contribution >= 0.6 is 0 Å². The molecular formula is C16H23N5O3. The fourth-order valence-corrected chi connectivity index (χ4v) is 3.05. The molecule has 0 spiro atoms. The smallest absolute Gasteiger partial charge is 0.332 e. The van der Waals surface area contributed by atoms with E-state index < -0.39 is 0 Å². The molecular weight excluding hydrogens is 310 g/mol. The van der Waals surface area contributed by atoms with Crippen LogP contribution in [0.1, 0.15) is 26.0 Å². The van der Waals surface area contributed by atoms with Crippen LogP contribution in [0.25, 0.3) is 16.9 Å². The van der Waals surface area contributed by atoms with Crippen LogP contribution in [0.15, 0.2) is 15.8 Å². The molecule has 0 saturated heterocycles. The molecule has 8 nitrogen and oxygen atoms in total. The zero-order valence-electron chi connectivity index (χ0n) is 14.6. The van der Waals surface area contributed by atoms with Crippen molar-refractivity contribution in [1.82, 2.24) is 23.1 Å². The largest absolute Gasteiger partial charge is 0.380 e. The molecule has 3 aromatic heterocycles. The van der Waals surface area contributed by atoms with Crippen molar-refractivity contribution in [2.45, 2.75) is 40.3 Å². The van der Waals surface area contributed by atoms with Crippen LogP contribution in [0.4, 0.5) is 0 Å². The Hall–Kier alpha value is -2.35. The van der Waals surface area contributed by atoms with E-state index in [2.05, 4.69) is 16.5 Å². The van der Waals surface area contributed by atoms with E-state index in [9.17, 15) is 9.59 Å². The molecule has 0 aliphatic heterocycles. The Balaban J connectivity index is 2.30. The van der Waals surface area contributed by atoms with Crippen molar-refractivity contribution in [3.63, 3.8) is 0 Å². The van der Waals surface area contributed by atoms with Gasteiger partial charge >= 0.3 is 5.69 Å². The second-order valence-corrected chi connectivity index (χ2v) is 5.87. The van der Waals surface area contributed by atoms with E-state index in [1.807, 2.05) is 20.0 Å². The topological polar surface area (TPSA) is 75.5 Å². The molecule has 0 N–H and O–H groups in total. The number of aromatic nitrogens is 5. The first-order chi connectivity index (χ1) is 11.5. The van der Waals surface area contributed by atoms with Crippen molar-refractivity contribution < 1.29 is 4.74 Å². The molecule has 8 heteroatoms. The van der Waals surface area contributed by atoms with Crippen LogP contribution in [-0.4, -0.2) is 36.3 Å². The van der Waals surface area contributed by atoms with Gasteiger partial charge in [0.1, 0.15) is 0 Å². The number of ether oxygens (including phenoxy) is 1. The van der Waals surface area contributed by atoms with Crippen LogP contribution in [0.2, 0.25) is 0 Å². The molecule has 3 aromatic rings. The molecule has 0 saturated carbocycles. The van der Waals surface area contributed by atoms with E-state index in [-0.39, 0.29) is 17.8 Å². The maximum atomic E-state index is 12.9. The van der Waals surface area contributed by atoms with Crippen molar-refractivity contribution in [3.05, 3.63) is 32.7 Å². The van der Waals surface area contributed by atoms with E-state index in [0.717, 1.165) is 18.7 Å². The zero-order chi connectivity index (χ0) is 17.4. The third kappa shape index (κ3) is 2.37. The fourth-order valence-electron chi connectivity index (χ4n) is 3.05. The third-order valence-electron chi connectivity index (χ3n) is 4.25. The maximum absolute atomic E-state index is 12.9. The van der Waals surface area contributed by atoms with Gasteiger partial charge in [0.2, 0.25) is 5.78 Å². The first-order valence-corrected chi connectivity index (χ1v) is 8.26. The quantitative estimate of drug-likeness (QED) is 0.628. The monoisotopic (exact) mass is 333 g/mol. The Morgan fingerprint density at radius 3 is 2.58 bits per heavy atom. The Labute approximate surface area is 138 Å². The molecule has 0 radical (unpaired) electrons. The molecule has 0 aliphatic rings. The van der Waals surface area contributed by atoms with Crippen LogP contribution in [0.3, 0.4) is 0 Å². The zero-order valence-corrected chi connectivity index (χ0v) is 14.6. The summed E-state index contributed by atoms with van der Waals surface area (Å²) >= 11 is 0. The minimum Gasteiger partial charge on any atom is -0.380 e. The summed E-state index contributed by atoms with van der Waals surface area (Å²) in [5, 5.41) is 0. The number of nitrogens with zero attached hydrogens (tertiary/aromatic N) is 5. The summed E-state index contributed by atoms with van der Waals surface area (Å²) in [4.78, 5) is 29.9. The van der Waals surface area contributed by atoms with E-state index in [1.54, 1.807) is 11.4 Å². The predicted octanol–water partition coefficient (Wildman–Crippen LogP) is 0.904. The highest BCUT2D eigenvalue weighted by atomic mass is 16.5. The summed E-state index contributed by atoms with van der Waals surface area (Å²) in [5.41, 5.74) is 1.19. The number of rotatable bonds is 6. The summed E-state index contributed by atoms with van der Waals surface area (Å²) < 4.78 is 11.8. The second-order valence-electron chi connectivity index (χ2n) is 5.87. The van der Waals surface area contributed by atoms with Gasteiger partial charge in [0.25, 0.3) is 5.56 Å². The molecule has 130 valence electrons. The number of fused-ring (bicyclic) bond motifs is 3. The molecule has 0 bridgehead atoms. The number of hydrogen-bond acceptors (Lipinski definition) is 4. The summed E-state index contributed by atoms with van der Waals surface area (Å²) in [5.74, 6) is 0.694.